The van der Waals surface area contributed by atoms with Gasteiger partial charge in [-0.25, -0.2) is 0 Å². The Balaban J connectivity index is 3.16. The summed E-state index contributed by atoms with van der Waals surface area (Å²) in [5.41, 5.74) is 3.23. The van der Waals surface area contributed by atoms with Crippen molar-refractivity contribution in [2.24, 2.45) is 0 Å². The van der Waals surface area contributed by atoms with Gasteiger partial charge in [-0.2, -0.15) is 5.26 Å². The first-order chi connectivity index (χ1) is 6.24. The molecular weight excluding hydrogens is 160 g/mol. The van der Waals surface area contributed by atoms with Crippen LogP contribution in [0, 0.1) is 18.3 Å². The second-order valence-electron chi connectivity index (χ2n) is 3.28. The minimum absolute atomic E-state index is 0.849. The molecule has 1 heterocycles. The highest BCUT2D eigenvalue weighted by Crippen LogP contribution is 2.15. The normalized spacial score (nSPS) is 10.0. The van der Waals surface area contributed by atoms with Gasteiger partial charge in [0.25, 0.3) is 0 Å². The quantitative estimate of drug-likeness (QED) is 0.696. The maximum absolute atomic E-state index is 9.00. The molecule has 0 atom stereocenters. The van der Waals surface area contributed by atoms with Crippen molar-refractivity contribution in [2.75, 3.05) is 0 Å². The van der Waals surface area contributed by atoms with Gasteiger partial charge in [0.1, 0.15) is 11.8 Å². The number of hydrogen-bond donors (Lipinski definition) is 0. The summed E-state index contributed by atoms with van der Waals surface area (Å²) in [5.74, 6) is 0. The largest absolute Gasteiger partial charge is 0.337 e. The van der Waals surface area contributed by atoms with E-state index in [1.54, 1.807) is 0 Å². The van der Waals surface area contributed by atoms with E-state index >= 15 is 0 Å². The Morgan fingerprint density at radius 3 is 2.62 bits per heavy atom. The topological polar surface area (TPSA) is 28.7 Å². The lowest BCUT2D eigenvalue weighted by molar-refractivity contribution is 0.657. The number of nitrogens with zero attached hydrogens (tertiary/aromatic N) is 2. The molecule has 0 radical (unpaired) electrons. The molecule has 0 bridgehead atoms. The predicted molar refractivity (Wildman–Crippen MR) is 53.6 cm³/mol. The fourth-order valence-electron chi connectivity index (χ4n) is 1.66. The van der Waals surface area contributed by atoms with E-state index in [1.807, 2.05) is 0 Å². The predicted octanol–water partition coefficient (Wildman–Crippen LogP) is 2.64. The molecule has 0 spiro atoms. The van der Waals surface area contributed by atoms with Crippen LogP contribution in [0.4, 0.5) is 0 Å². The van der Waals surface area contributed by atoms with Gasteiger partial charge >= 0.3 is 0 Å². The number of hydrogen-bond acceptors (Lipinski definition) is 1. The fraction of sp³-hybridized carbons (Fsp3) is 0.545. The Morgan fingerprint density at radius 2 is 2.15 bits per heavy atom. The molecule has 1 aromatic heterocycles. The molecule has 0 fully saturated rings. The van der Waals surface area contributed by atoms with Crippen molar-refractivity contribution in [2.45, 2.75) is 40.2 Å². The number of rotatable bonds is 3. The van der Waals surface area contributed by atoms with Gasteiger partial charge in [-0.05, 0) is 31.4 Å². The molecule has 0 aromatic carbocycles. The van der Waals surface area contributed by atoms with Crippen LogP contribution in [0.3, 0.4) is 0 Å². The van der Waals surface area contributed by atoms with Crippen molar-refractivity contribution < 1.29 is 0 Å². The molecule has 0 aliphatic rings. The maximum Gasteiger partial charge on any atom is 0.123 e. The van der Waals surface area contributed by atoms with Gasteiger partial charge in [0.15, 0.2) is 0 Å². The van der Waals surface area contributed by atoms with Crippen molar-refractivity contribution in [3.63, 3.8) is 0 Å². The first kappa shape index (κ1) is 9.85. The molecule has 0 N–H and O–H groups in total. The maximum atomic E-state index is 9.00. The van der Waals surface area contributed by atoms with Crippen LogP contribution in [0.25, 0.3) is 0 Å². The van der Waals surface area contributed by atoms with Crippen LogP contribution in [-0.4, -0.2) is 4.57 Å². The third-order valence-electron chi connectivity index (χ3n) is 2.32. The van der Waals surface area contributed by atoms with Crippen LogP contribution in [0.5, 0.6) is 0 Å². The van der Waals surface area contributed by atoms with Gasteiger partial charge in [0.2, 0.25) is 0 Å². The van der Waals surface area contributed by atoms with Crippen molar-refractivity contribution in [1.82, 2.24) is 4.57 Å². The summed E-state index contributed by atoms with van der Waals surface area (Å²) in [6, 6.07) is 4.40. The summed E-state index contributed by atoms with van der Waals surface area (Å²) in [4.78, 5) is 0. The summed E-state index contributed by atoms with van der Waals surface area (Å²) < 4.78 is 2.11. The minimum atomic E-state index is 0.849. The second kappa shape index (κ2) is 4.13. The fourth-order valence-corrected chi connectivity index (χ4v) is 1.66. The van der Waals surface area contributed by atoms with E-state index in [-0.39, 0.29) is 0 Å². The van der Waals surface area contributed by atoms with E-state index in [9.17, 15) is 0 Å². The zero-order chi connectivity index (χ0) is 9.84. The van der Waals surface area contributed by atoms with Crippen LogP contribution in [0.1, 0.15) is 37.2 Å². The van der Waals surface area contributed by atoms with E-state index < -0.39 is 0 Å². The molecule has 0 amide bonds. The van der Waals surface area contributed by atoms with Crippen molar-refractivity contribution >= 4 is 0 Å². The second-order valence-corrected chi connectivity index (χ2v) is 3.28. The first-order valence-corrected chi connectivity index (χ1v) is 4.83. The first-order valence-electron chi connectivity index (χ1n) is 4.83. The summed E-state index contributed by atoms with van der Waals surface area (Å²) in [5, 5.41) is 9.00. The Labute approximate surface area is 79.8 Å². The highest BCUT2D eigenvalue weighted by Gasteiger charge is 2.09. The average molecular weight is 176 g/mol. The van der Waals surface area contributed by atoms with Gasteiger partial charge in [-0.1, -0.05) is 13.8 Å². The summed E-state index contributed by atoms with van der Waals surface area (Å²) in [6.07, 6.45) is 2.02. The molecule has 0 aliphatic heterocycles. The van der Waals surface area contributed by atoms with Crippen LogP contribution < -0.4 is 0 Å². The minimum Gasteiger partial charge on any atom is -0.337 e. The van der Waals surface area contributed by atoms with Crippen molar-refractivity contribution in [3.05, 3.63) is 23.0 Å². The third-order valence-corrected chi connectivity index (χ3v) is 2.32. The van der Waals surface area contributed by atoms with E-state index in [0.29, 0.717) is 0 Å². The zero-order valence-corrected chi connectivity index (χ0v) is 8.59. The lowest BCUT2D eigenvalue weighted by Gasteiger charge is -2.05. The molecule has 2 nitrogen and oxygen atoms in total. The Hall–Kier alpha value is -1.23. The van der Waals surface area contributed by atoms with Gasteiger partial charge in [-0.3, -0.25) is 0 Å². The molecule has 2 heteroatoms. The lowest BCUT2D eigenvalue weighted by atomic mass is 10.2. The molecule has 0 aliphatic carbocycles. The van der Waals surface area contributed by atoms with E-state index in [2.05, 4.69) is 37.5 Å². The zero-order valence-electron chi connectivity index (χ0n) is 8.59. The Kier molecular flexibility index (Phi) is 3.13. The van der Waals surface area contributed by atoms with Crippen LogP contribution in [0.2, 0.25) is 0 Å². The number of aryl methyl sites for hydroxylation is 2. The van der Waals surface area contributed by atoms with Gasteiger partial charge < -0.3 is 4.57 Å². The molecular formula is C11H16N2. The van der Waals surface area contributed by atoms with Crippen LogP contribution >= 0.6 is 0 Å². The van der Waals surface area contributed by atoms with Gasteiger partial charge in [0.05, 0.1) is 0 Å². The van der Waals surface area contributed by atoms with E-state index in [4.69, 9.17) is 5.26 Å². The van der Waals surface area contributed by atoms with Gasteiger partial charge in [-0.15, -0.1) is 0 Å². The molecule has 1 aromatic rings. The summed E-state index contributed by atoms with van der Waals surface area (Å²) in [7, 11) is 0. The third kappa shape index (κ3) is 1.75. The SMILES string of the molecule is CCCn1c(C)cc(CC)c1C#N. The number of aromatic nitrogens is 1. The summed E-state index contributed by atoms with van der Waals surface area (Å²) >= 11 is 0. The number of nitriles is 1. The van der Waals surface area contributed by atoms with Crippen LogP contribution in [-0.2, 0) is 13.0 Å². The van der Waals surface area contributed by atoms with E-state index in [0.717, 1.165) is 25.1 Å². The molecule has 70 valence electrons. The summed E-state index contributed by atoms with van der Waals surface area (Å²) in [6.45, 7) is 7.24. The lowest BCUT2D eigenvalue weighted by Crippen LogP contribution is -2.02. The molecule has 0 saturated carbocycles. The highest BCUT2D eigenvalue weighted by atomic mass is 15.0. The van der Waals surface area contributed by atoms with Crippen LogP contribution in [0.15, 0.2) is 6.07 Å². The molecule has 13 heavy (non-hydrogen) atoms. The Bertz CT molecular complexity index is 329. The Morgan fingerprint density at radius 1 is 1.46 bits per heavy atom. The smallest absolute Gasteiger partial charge is 0.123 e. The molecule has 1 rings (SSSR count). The average Bonchev–Trinajstić information content (AvgIpc) is 2.44. The monoisotopic (exact) mass is 176 g/mol. The van der Waals surface area contributed by atoms with Crippen molar-refractivity contribution in [3.8, 4) is 6.07 Å². The standard InChI is InChI=1S/C11H16N2/c1-4-6-13-9(3)7-10(5-2)11(13)8-12/h7H,4-6H2,1-3H3. The van der Waals surface area contributed by atoms with E-state index in [1.165, 1.54) is 11.3 Å². The van der Waals surface area contributed by atoms with Crippen molar-refractivity contribution in [1.29, 1.82) is 5.26 Å². The molecule has 0 saturated heterocycles. The van der Waals surface area contributed by atoms with Gasteiger partial charge in [0, 0.05) is 12.2 Å². The molecule has 0 unspecified atom stereocenters. The highest BCUT2D eigenvalue weighted by molar-refractivity contribution is 5.36.